The van der Waals surface area contributed by atoms with Gasteiger partial charge in [-0.05, 0) is 30.7 Å². The van der Waals surface area contributed by atoms with E-state index in [2.05, 4.69) is 20.9 Å². The van der Waals surface area contributed by atoms with E-state index in [0.717, 1.165) is 15.8 Å². The number of aromatic nitrogens is 1. The Morgan fingerprint density at radius 2 is 2.11 bits per heavy atom. The van der Waals surface area contributed by atoms with Gasteiger partial charge in [0.05, 0.1) is 0 Å². The second-order valence-electron chi connectivity index (χ2n) is 3.74. The molecule has 18 heavy (non-hydrogen) atoms. The van der Waals surface area contributed by atoms with E-state index in [9.17, 15) is 0 Å². The van der Waals surface area contributed by atoms with Crippen LogP contribution in [-0.2, 0) is 0 Å². The van der Waals surface area contributed by atoms with Crippen LogP contribution in [0.25, 0.3) is 0 Å². The molecule has 92 valence electrons. The molecule has 0 fully saturated rings. The molecule has 1 aromatic heterocycles. The van der Waals surface area contributed by atoms with E-state index in [1.165, 1.54) is 0 Å². The minimum absolute atomic E-state index is 0.256. The molecule has 2 rings (SSSR count). The summed E-state index contributed by atoms with van der Waals surface area (Å²) < 4.78 is 6.68. The van der Waals surface area contributed by atoms with Crippen molar-refractivity contribution >= 4 is 33.1 Å². The zero-order valence-electron chi connectivity index (χ0n) is 9.68. The average molecular weight is 323 g/mol. The van der Waals surface area contributed by atoms with Crippen LogP contribution in [0, 0.1) is 6.92 Å². The van der Waals surface area contributed by atoms with Crippen molar-refractivity contribution in [3.63, 3.8) is 0 Å². The fourth-order valence-electron chi connectivity index (χ4n) is 1.41. The van der Waals surface area contributed by atoms with Crippen molar-refractivity contribution in [3.8, 4) is 11.6 Å². The van der Waals surface area contributed by atoms with Gasteiger partial charge in [0, 0.05) is 10.5 Å². The predicted octanol–water partition coefficient (Wildman–Crippen LogP) is 3.58. The molecule has 0 unspecified atom stereocenters. The standard InChI is InChI=1S/C13H11BrN2OS/c1-8-5-6-9(14)7-11(8)17-12-4-2-3-10(16-12)13(15)18/h2-7H,1H3,(H2,15,18). The summed E-state index contributed by atoms with van der Waals surface area (Å²) in [5.74, 6) is 1.22. The molecule has 0 aliphatic heterocycles. The molecule has 0 saturated heterocycles. The SMILES string of the molecule is Cc1ccc(Br)cc1Oc1cccc(C(N)=S)n1. The molecule has 0 saturated carbocycles. The molecule has 0 aliphatic carbocycles. The number of ether oxygens (including phenoxy) is 1. The monoisotopic (exact) mass is 322 g/mol. The Hall–Kier alpha value is -1.46. The normalized spacial score (nSPS) is 10.1. The summed E-state index contributed by atoms with van der Waals surface area (Å²) in [5.41, 5.74) is 7.12. The number of halogens is 1. The first-order valence-electron chi connectivity index (χ1n) is 5.27. The summed E-state index contributed by atoms with van der Waals surface area (Å²) in [5, 5.41) is 0. The number of thiocarbonyl (C=S) groups is 1. The van der Waals surface area contributed by atoms with Crippen molar-refractivity contribution in [2.75, 3.05) is 0 Å². The Morgan fingerprint density at radius 3 is 2.83 bits per heavy atom. The van der Waals surface area contributed by atoms with Crippen molar-refractivity contribution in [2.24, 2.45) is 5.73 Å². The van der Waals surface area contributed by atoms with Gasteiger partial charge in [0.25, 0.3) is 0 Å². The molecule has 0 atom stereocenters. The van der Waals surface area contributed by atoms with Gasteiger partial charge >= 0.3 is 0 Å². The van der Waals surface area contributed by atoms with Crippen LogP contribution < -0.4 is 10.5 Å². The Kier molecular flexibility index (Phi) is 3.93. The molecule has 0 amide bonds. The highest BCUT2D eigenvalue weighted by Gasteiger charge is 2.05. The molecular formula is C13H11BrN2OS. The summed E-state index contributed by atoms with van der Waals surface area (Å²) >= 11 is 8.29. The smallest absolute Gasteiger partial charge is 0.219 e. The number of aryl methyl sites for hydroxylation is 1. The molecule has 2 N–H and O–H groups in total. The lowest BCUT2D eigenvalue weighted by molar-refractivity contribution is 0.459. The summed E-state index contributed by atoms with van der Waals surface area (Å²) in [6.07, 6.45) is 0. The van der Waals surface area contributed by atoms with E-state index in [1.54, 1.807) is 12.1 Å². The number of nitrogens with zero attached hydrogens (tertiary/aromatic N) is 1. The van der Waals surface area contributed by atoms with Gasteiger partial charge in [-0.2, -0.15) is 0 Å². The van der Waals surface area contributed by atoms with Crippen LogP contribution in [0.15, 0.2) is 40.9 Å². The number of hydrogen-bond donors (Lipinski definition) is 1. The van der Waals surface area contributed by atoms with E-state index >= 15 is 0 Å². The minimum atomic E-state index is 0.256. The van der Waals surface area contributed by atoms with Crippen molar-refractivity contribution in [3.05, 3.63) is 52.1 Å². The maximum Gasteiger partial charge on any atom is 0.219 e. The fraction of sp³-hybridized carbons (Fsp3) is 0.0769. The van der Waals surface area contributed by atoms with Gasteiger partial charge in [0.2, 0.25) is 5.88 Å². The predicted molar refractivity (Wildman–Crippen MR) is 79.1 cm³/mol. The fourth-order valence-corrected chi connectivity index (χ4v) is 1.86. The van der Waals surface area contributed by atoms with Crippen LogP contribution >= 0.6 is 28.1 Å². The van der Waals surface area contributed by atoms with Crippen molar-refractivity contribution in [1.82, 2.24) is 4.98 Å². The van der Waals surface area contributed by atoms with Crippen molar-refractivity contribution in [1.29, 1.82) is 0 Å². The number of nitrogens with two attached hydrogens (primary N) is 1. The molecule has 0 aliphatic rings. The van der Waals surface area contributed by atoms with Gasteiger partial charge < -0.3 is 10.5 Å². The first kappa shape index (κ1) is 13.0. The second-order valence-corrected chi connectivity index (χ2v) is 5.09. The maximum atomic E-state index is 5.72. The van der Waals surface area contributed by atoms with Crippen LogP contribution in [0.1, 0.15) is 11.3 Å². The highest BCUT2D eigenvalue weighted by atomic mass is 79.9. The quantitative estimate of drug-likeness (QED) is 0.877. The number of benzene rings is 1. The summed E-state index contributed by atoms with van der Waals surface area (Å²) in [6, 6.07) is 11.2. The lowest BCUT2D eigenvalue weighted by Gasteiger charge is -2.09. The zero-order valence-corrected chi connectivity index (χ0v) is 12.1. The zero-order chi connectivity index (χ0) is 13.1. The van der Waals surface area contributed by atoms with Crippen LogP contribution in [0.2, 0.25) is 0 Å². The second kappa shape index (κ2) is 5.46. The average Bonchev–Trinajstić information content (AvgIpc) is 2.34. The lowest BCUT2D eigenvalue weighted by atomic mass is 10.2. The molecule has 2 aromatic rings. The summed E-state index contributed by atoms with van der Waals surface area (Å²) in [7, 11) is 0. The molecule has 3 nitrogen and oxygen atoms in total. The van der Waals surface area contributed by atoms with E-state index in [4.69, 9.17) is 22.7 Å². The highest BCUT2D eigenvalue weighted by molar-refractivity contribution is 9.10. The van der Waals surface area contributed by atoms with Gasteiger partial charge in [-0.15, -0.1) is 0 Å². The Labute approximate surface area is 119 Å². The van der Waals surface area contributed by atoms with Crippen LogP contribution in [-0.4, -0.2) is 9.97 Å². The molecule has 0 bridgehead atoms. The molecule has 1 aromatic carbocycles. The molecule has 5 heteroatoms. The number of hydrogen-bond acceptors (Lipinski definition) is 3. The highest BCUT2D eigenvalue weighted by Crippen LogP contribution is 2.27. The molecule has 1 heterocycles. The van der Waals surface area contributed by atoms with Crippen LogP contribution in [0.3, 0.4) is 0 Å². The first-order valence-corrected chi connectivity index (χ1v) is 6.47. The van der Waals surface area contributed by atoms with Gasteiger partial charge in [-0.25, -0.2) is 4.98 Å². The molecule has 0 spiro atoms. The largest absolute Gasteiger partial charge is 0.439 e. The summed E-state index contributed by atoms with van der Waals surface area (Å²) in [6.45, 7) is 1.97. The third-order valence-electron chi connectivity index (χ3n) is 2.34. The van der Waals surface area contributed by atoms with Gasteiger partial charge in [0.15, 0.2) is 0 Å². The number of rotatable bonds is 3. The molecular weight excluding hydrogens is 312 g/mol. The van der Waals surface area contributed by atoms with Crippen LogP contribution in [0.4, 0.5) is 0 Å². The van der Waals surface area contributed by atoms with Gasteiger partial charge in [-0.3, -0.25) is 0 Å². The van der Waals surface area contributed by atoms with E-state index < -0.39 is 0 Å². The third kappa shape index (κ3) is 3.05. The summed E-state index contributed by atoms with van der Waals surface area (Å²) in [4.78, 5) is 4.49. The third-order valence-corrected chi connectivity index (χ3v) is 3.04. The molecule has 0 radical (unpaired) electrons. The van der Waals surface area contributed by atoms with Gasteiger partial charge in [-0.1, -0.05) is 40.3 Å². The van der Waals surface area contributed by atoms with E-state index in [0.29, 0.717) is 11.6 Å². The Morgan fingerprint density at radius 1 is 1.33 bits per heavy atom. The Bertz CT molecular complexity index is 601. The van der Waals surface area contributed by atoms with Crippen molar-refractivity contribution in [2.45, 2.75) is 6.92 Å². The Balaban J connectivity index is 2.31. The number of pyridine rings is 1. The topological polar surface area (TPSA) is 48.1 Å². The van der Waals surface area contributed by atoms with Crippen LogP contribution in [0.5, 0.6) is 11.6 Å². The first-order chi connectivity index (χ1) is 8.56. The van der Waals surface area contributed by atoms with E-state index in [1.807, 2.05) is 31.2 Å². The lowest BCUT2D eigenvalue weighted by Crippen LogP contribution is -2.11. The van der Waals surface area contributed by atoms with Gasteiger partial charge in [0.1, 0.15) is 16.4 Å². The maximum absolute atomic E-state index is 5.72. The van der Waals surface area contributed by atoms with E-state index in [-0.39, 0.29) is 4.99 Å². The minimum Gasteiger partial charge on any atom is -0.439 e. The van der Waals surface area contributed by atoms with Crippen molar-refractivity contribution < 1.29 is 4.74 Å².